The Balaban J connectivity index is 1.69. The second kappa shape index (κ2) is 11.2. The van der Waals surface area contributed by atoms with E-state index in [0.29, 0.717) is 18.8 Å². The van der Waals surface area contributed by atoms with Crippen molar-refractivity contribution < 1.29 is 17.6 Å². The van der Waals surface area contributed by atoms with Gasteiger partial charge >= 0.3 is 0 Å². The Morgan fingerprint density at radius 1 is 0.722 bits per heavy atom. The molecule has 1 amide bonds. The normalized spacial score (nSPS) is 11.2. The second-order valence-corrected chi connectivity index (χ2v) is 10.4. The molecule has 0 fully saturated rings. The van der Waals surface area contributed by atoms with E-state index in [2.05, 4.69) is 0 Å². The quantitative estimate of drug-likeness (QED) is 0.301. The number of anilines is 1. The maximum atomic E-state index is 13.7. The molecule has 0 spiro atoms. The highest BCUT2D eigenvalue weighted by molar-refractivity contribution is 7.92. The van der Waals surface area contributed by atoms with Crippen molar-refractivity contribution >= 4 is 21.6 Å². The molecule has 0 aromatic heterocycles. The first-order valence-corrected chi connectivity index (χ1v) is 13.0. The molecule has 0 unspecified atom stereocenters. The zero-order valence-corrected chi connectivity index (χ0v) is 20.7. The predicted molar refractivity (Wildman–Crippen MR) is 139 cm³/mol. The van der Waals surface area contributed by atoms with Gasteiger partial charge in [0.05, 0.1) is 10.6 Å². The number of carbonyl (C=O) groups is 1. The van der Waals surface area contributed by atoms with E-state index in [1.165, 1.54) is 12.1 Å². The SMILES string of the molecule is Cc1ccc(N(CC(=O)N(Cc2ccccc2)Cc2ccccc2)S(=O)(=O)c2ccc(F)cc2)cc1. The molecule has 0 radical (unpaired) electrons. The molecule has 5 nitrogen and oxygen atoms in total. The standard InChI is InChI=1S/C29H27FN2O3S/c1-23-12-16-27(17-13-23)32(36(34,35)28-18-14-26(30)15-19-28)22-29(33)31(20-24-8-4-2-5-9-24)21-25-10-6-3-7-11-25/h2-19H,20-22H2,1H3. The van der Waals surface area contributed by atoms with Crippen molar-refractivity contribution in [2.45, 2.75) is 24.9 Å². The van der Waals surface area contributed by atoms with Crippen molar-refractivity contribution in [1.82, 2.24) is 4.90 Å². The number of nitrogens with zero attached hydrogens (tertiary/aromatic N) is 2. The van der Waals surface area contributed by atoms with Crippen LogP contribution >= 0.6 is 0 Å². The predicted octanol–water partition coefficient (Wildman–Crippen LogP) is 5.56. The monoisotopic (exact) mass is 502 g/mol. The fourth-order valence-corrected chi connectivity index (χ4v) is 5.24. The van der Waals surface area contributed by atoms with Crippen LogP contribution in [0, 0.1) is 12.7 Å². The molecular formula is C29H27FN2O3S. The number of aryl methyl sites for hydroxylation is 1. The number of amides is 1. The average Bonchev–Trinajstić information content (AvgIpc) is 2.89. The molecular weight excluding hydrogens is 475 g/mol. The molecule has 4 aromatic carbocycles. The highest BCUT2D eigenvalue weighted by Gasteiger charge is 2.29. The summed E-state index contributed by atoms with van der Waals surface area (Å²) < 4.78 is 41.9. The van der Waals surface area contributed by atoms with Gasteiger partial charge < -0.3 is 4.90 Å². The van der Waals surface area contributed by atoms with Crippen molar-refractivity contribution in [1.29, 1.82) is 0 Å². The van der Waals surface area contributed by atoms with E-state index >= 15 is 0 Å². The molecule has 0 aliphatic carbocycles. The molecule has 0 saturated heterocycles. The smallest absolute Gasteiger partial charge is 0.264 e. The van der Waals surface area contributed by atoms with E-state index in [1.807, 2.05) is 67.6 Å². The Hall–Kier alpha value is -3.97. The number of hydrogen-bond donors (Lipinski definition) is 0. The molecule has 0 aliphatic heterocycles. The zero-order chi connectivity index (χ0) is 25.5. The van der Waals surface area contributed by atoms with Crippen LogP contribution in [0.3, 0.4) is 0 Å². The minimum Gasteiger partial charge on any atom is -0.332 e. The van der Waals surface area contributed by atoms with E-state index in [9.17, 15) is 17.6 Å². The summed E-state index contributed by atoms with van der Waals surface area (Å²) in [5.41, 5.74) is 3.19. The Morgan fingerprint density at radius 3 is 1.72 bits per heavy atom. The molecule has 4 rings (SSSR count). The number of sulfonamides is 1. The zero-order valence-electron chi connectivity index (χ0n) is 19.9. The number of hydrogen-bond acceptors (Lipinski definition) is 3. The minimum absolute atomic E-state index is 0.0880. The van der Waals surface area contributed by atoms with Crippen LogP contribution in [0.2, 0.25) is 0 Å². The van der Waals surface area contributed by atoms with Gasteiger partial charge in [0.25, 0.3) is 10.0 Å². The van der Waals surface area contributed by atoms with Gasteiger partial charge in [-0.15, -0.1) is 0 Å². The molecule has 7 heteroatoms. The molecule has 0 atom stereocenters. The van der Waals surface area contributed by atoms with Crippen LogP contribution in [0.5, 0.6) is 0 Å². The first kappa shape index (κ1) is 25.1. The van der Waals surface area contributed by atoms with E-state index in [4.69, 9.17) is 0 Å². The lowest BCUT2D eigenvalue weighted by atomic mass is 10.1. The van der Waals surface area contributed by atoms with E-state index in [1.54, 1.807) is 29.2 Å². The Morgan fingerprint density at radius 2 is 1.22 bits per heavy atom. The molecule has 36 heavy (non-hydrogen) atoms. The first-order valence-electron chi connectivity index (χ1n) is 11.5. The van der Waals surface area contributed by atoms with Gasteiger partial charge in [0.2, 0.25) is 5.91 Å². The summed E-state index contributed by atoms with van der Waals surface area (Å²) in [7, 11) is -4.14. The summed E-state index contributed by atoms with van der Waals surface area (Å²) in [6.07, 6.45) is 0. The van der Waals surface area contributed by atoms with Gasteiger partial charge in [0.1, 0.15) is 12.4 Å². The maximum Gasteiger partial charge on any atom is 0.264 e. The summed E-state index contributed by atoms with van der Waals surface area (Å²) in [5, 5.41) is 0. The molecule has 0 aliphatic rings. The van der Waals surface area contributed by atoms with Gasteiger partial charge in [-0.05, 0) is 54.4 Å². The third-order valence-corrected chi connectivity index (χ3v) is 7.58. The summed E-state index contributed by atoms with van der Waals surface area (Å²) in [4.78, 5) is 15.3. The van der Waals surface area contributed by atoms with Gasteiger partial charge in [-0.2, -0.15) is 0 Å². The molecule has 0 heterocycles. The van der Waals surface area contributed by atoms with Crippen LogP contribution in [0.1, 0.15) is 16.7 Å². The largest absolute Gasteiger partial charge is 0.332 e. The summed E-state index contributed by atoms with van der Waals surface area (Å²) >= 11 is 0. The minimum atomic E-state index is -4.14. The van der Waals surface area contributed by atoms with Crippen LogP contribution in [0.25, 0.3) is 0 Å². The lowest BCUT2D eigenvalue weighted by Crippen LogP contribution is -2.42. The fourth-order valence-electron chi connectivity index (χ4n) is 3.82. The highest BCUT2D eigenvalue weighted by Crippen LogP contribution is 2.25. The Labute approximate surface area is 211 Å². The van der Waals surface area contributed by atoms with Crippen LogP contribution in [-0.2, 0) is 27.9 Å². The van der Waals surface area contributed by atoms with Gasteiger partial charge in [-0.3, -0.25) is 9.10 Å². The summed E-state index contributed by atoms with van der Waals surface area (Å²) in [5.74, 6) is -0.891. The topological polar surface area (TPSA) is 57.7 Å². The van der Waals surface area contributed by atoms with E-state index in [0.717, 1.165) is 33.1 Å². The number of carbonyl (C=O) groups excluding carboxylic acids is 1. The second-order valence-electron chi connectivity index (χ2n) is 8.52. The van der Waals surface area contributed by atoms with Crippen LogP contribution in [0.15, 0.2) is 114 Å². The number of halogens is 1. The average molecular weight is 503 g/mol. The van der Waals surface area contributed by atoms with Gasteiger partial charge in [0.15, 0.2) is 0 Å². The number of benzene rings is 4. The van der Waals surface area contributed by atoms with Gasteiger partial charge in [0, 0.05) is 13.1 Å². The highest BCUT2D eigenvalue weighted by atomic mass is 32.2. The first-order chi connectivity index (χ1) is 17.3. The third-order valence-electron chi connectivity index (χ3n) is 5.79. The van der Waals surface area contributed by atoms with Gasteiger partial charge in [-0.25, -0.2) is 12.8 Å². The molecule has 0 saturated carbocycles. The maximum absolute atomic E-state index is 13.7. The van der Waals surface area contributed by atoms with Gasteiger partial charge in [-0.1, -0.05) is 78.4 Å². The Bertz CT molecular complexity index is 1350. The van der Waals surface area contributed by atoms with Crippen molar-refractivity contribution in [3.05, 3.63) is 132 Å². The number of rotatable bonds is 9. The van der Waals surface area contributed by atoms with Crippen LogP contribution < -0.4 is 4.31 Å². The van der Waals surface area contributed by atoms with Crippen molar-refractivity contribution in [2.75, 3.05) is 10.8 Å². The van der Waals surface area contributed by atoms with Crippen LogP contribution in [0.4, 0.5) is 10.1 Å². The van der Waals surface area contributed by atoms with E-state index in [-0.39, 0.29) is 10.8 Å². The lowest BCUT2D eigenvalue weighted by Gasteiger charge is -2.29. The Kier molecular flexibility index (Phi) is 7.80. The molecule has 184 valence electrons. The molecule has 0 bridgehead atoms. The summed E-state index contributed by atoms with van der Waals surface area (Å²) in [6, 6.07) is 30.7. The molecule has 4 aromatic rings. The molecule has 0 N–H and O–H groups in total. The van der Waals surface area contributed by atoms with E-state index < -0.39 is 22.4 Å². The van der Waals surface area contributed by atoms with Crippen molar-refractivity contribution in [2.24, 2.45) is 0 Å². The van der Waals surface area contributed by atoms with Crippen LogP contribution in [-0.4, -0.2) is 25.8 Å². The lowest BCUT2D eigenvalue weighted by molar-refractivity contribution is -0.130. The fraction of sp³-hybridized carbons (Fsp3) is 0.138. The summed E-state index contributed by atoms with van der Waals surface area (Å²) in [6.45, 7) is 2.15. The van der Waals surface area contributed by atoms with Crippen molar-refractivity contribution in [3.63, 3.8) is 0 Å². The van der Waals surface area contributed by atoms with Crippen molar-refractivity contribution in [3.8, 4) is 0 Å². The third kappa shape index (κ3) is 6.17.